The summed E-state index contributed by atoms with van der Waals surface area (Å²) >= 11 is 0. The molecule has 3 heteroatoms. The largest absolute Gasteiger partial charge is 0.385 e. The summed E-state index contributed by atoms with van der Waals surface area (Å²) in [5, 5.41) is 3.54. The molecule has 0 aromatic carbocycles. The Hall–Kier alpha value is -0.120. The first kappa shape index (κ1) is 13.9. The summed E-state index contributed by atoms with van der Waals surface area (Å²) in [5.74, 6) is 0. The molecule has 0 aromatic rings. The van der Waals surface area contributed by atoms with Gasteiger partial charge in [-0.15, -0.1) is 0 Å². The molecular formula is C13H28N2O. The molecule has 1 rings (SSSR count). The lowest BCUT2D eigenvalue weighted by atomic mass is 9.89. The van der Waals surface area contributed by atoms with Crippen LogP contribution in [0.3, 0.4) is 0 Å². The van der Waals surface area contributed by atoms with Gasteiger partial charge in [-0.3, -0.25) is 0 Å². The van der Waals surface area contributed by atoms with Crippen molar-refractivity contribution in [3.63, 3.8) is 0 Å². The van der Waals surface area contributed by atoms with Gasteiger partial charge in [0.05, 0.1) is 0 Å². The van der Waals surface area contributed by atoms with Gasteiger partial charge in [-0.2, -0.15) is 0 Å². The molecule has 1 aliphatic rings. The molecule has 1 aliphatic heterocycles. The van der Waals surface area contributed by atoms with E-state index in [1.165, 1.54) is 26.1 Å². The van der Waals surface area contributed by atoms with Gasteiger partial charge in [0.15, 0.2) is 0 Å². The van der Waals surface area contributed by atoms with Crippen LogP contribution in [0.5, 0.6) is 0 Å². The Morgan fingerprint density at radius 1 is 1.38 bits per heavy atom. The third-order valence-electron chi connectivity index (χ3n) is 3.43. The van der Waals surface area contributed by atoms with Gasteiger partial charge in [-0.05, 0) is 31.7 Å². The van der Waals surface area contributed by atoms with Crippen LogP contribution in [0.4, 0.5) is 0 Å². The van der Waals surface area contributed by atoms with Crippen LogP contribution in [0.1, 0.15) is 33.6 Å². The van der Waals surface area contributed by atoms with Crippen LogP contribution in [-0.2, 0) is 4.74 Å². The zero-order valence-corrected chi connectivity index (χ0v) is 11.4. The van der Waals surface area contributed by atoms with Crippen molar-refractivity contribution < 1.29 is 4.74 Å². The van der Waals surface area contributed by atoms with E-state index in [9.17, 15) is 0 Å². The Morgan fingerprint density at radius 3 is 2.81 bits per heavy atom. The van der Waals surface area contributed by atoms with Crippen LogP contribution in [0.25, 0.3) is 0 Å². The number of hydrogen-bond donors (Lipinski definition) is 1. The lowest BCUT2D eigenvalue weighted by molar-refractivity contribution is 0.118. The van der Waals surface area contributed by atoms with Gasteiger partial charge in [0.2, 0.25) is 0 Å². The third kappa shape index (κ3) is 5.28. The normalized spacial score (nSPS) is 24.4. The monoisotopic (exact) mass is 228 g/mol. The molecule has 16 heavy (non-hydrogen) atoms. The number of nitrogens with one attached hydrogen (secondary N) is 1. The van der Waals surface area contributed by atoms with Gasteiger partial charge < -0.3 is 15.0 Å². The van der Waals surface area contributed by atoms with E-state index < -0.39 is 0 Å². The van der Waals surface area contributed by atoms with Crippen molar-refractivity contribution in [3.05, 3.63) is 0 Å². The fourth-order valence-electron chi connectivity index (χ4n) is 2.28. The highest BCUT2D eigenvalue weighted by Gasteiger charge is 2.22. The van der Waals surface area contributed by atoms with Gasteiger partial charge in [0.25, 0.3) is 0 Å². The maximum absolute atomic E-state index is 5.18. The van der Waals surface area contributed by atoms with E-state index in [2.05, 4.69) is 31.0 Å². The molecule has 1 N–H and O–H groups in total. The number of hydrogen-bond acceptors (Lipinski definition) is 3. The minimum Gasteiger partial charge on any atom is -0.385 e. The standard InChI is InChI=1S/C13H28N2O/c1-12-5-8-15(9-7-14-12)11-13(2,3)6-10-16-4/h12,14H,5-11H2,1-4H3. The maximum Gasteiger partial charge on any atom is 0.0467 e. The van der Waals surface area contributed by atoms with Crippen LogP contribution < -0.4 is 5.32 Å². The topological polar surface area (TPSA) is 24.5 Å². The van der Waals surface area contributed by atoms with E-state index in [0.29, 0.717) is 11.5 Å². The summed E-state index contributed by atoms with van der Waals surface area (Å²) < 4.78 is 5.18. The predicted octanol–water partition coefficient (Wildman–Crippen LogP) is 1.73. The summed E-state index contributed by atoms with van der Waals surface area (Å²) in [6.07, 6.45) is 2.41. The molecule has 1 heterocycles. The van der Waals surface area contributed by atoms with Crippen molar-refractivity contribution in [3.8, 4) is 0 Å². The lowest BCUT2D eigenvalue weighted by Gasteiger charge is -2.31. The van der Waals surface area contributed by atoms with Crippen LogP contribution in [0, 0.1) is 5.41 Å². The highest BCUT2D eigenvalue weighted by Crippen LogP contribution is 2.22. The second kappa shape index (κ2) is 6.58. The Balaban J connectivity index is 2.34. The fourth-order valence-corrected chi connectivity index (χ4v) is 2.28. The van der Waals surface area contributed by atoms with Gasteiger partial charge in [-0.25, -0.2) is 0 Å². The zero-order valence-electron chi connectivity index (χ0n) is 11.4. The van der Waals surface area contributed by atoms with Crippen LogP contribution >= 0.6 is 0 Å². The quantitative estimate of drug-likeness (QED) is 0.775. The highest BCUT2D eigenvalue weighted by molar-refractivity contribution is 4.78. The van der Waals surface area contributed by atoms with Crippen molar-refractivity contribution in [1.29, 1.82) is 0 Å². The van der Waals surface area contributed by atoms with Gasteiger partial charge in [0.1, 0.15) is 0 Å². The van der Waals surface area contributed by atoms with E-state index in [1.807, 2.05) is 0 Å². The molecule has 0 saturated carbocycles. The summed E-state index contributed by atoms with van der Waals surface area (Å²) in [6, 6.07) is 0.673. The molecule has 1 atom stereocenters. The maximum atomic E-state index is 5.18. The number of methoxy groups -OCH3 is 1. The first-order chi connectivity index (χ1) is 7.53. The Bertz CT molecular complexity index is 194. The number of nitrogens with zero attached hydrogens (tertiary/aromatic N) is 1. The average Bonchev–Trinajstić information content (AvgIpc) is 2.40. The molecule has 0 aromatic heterocycles. The van der Waals surface area contributed by atoms with E-state index in [1.54, 1.807) is 7.11 Å². The Morgan fingerprint density at radius 2 is 2.12 bits per heavy atom. The first-order valence-electron chi connectivity index (χ1n) is 6.48. The zero-order chi connectivity index (χ0) is 12.0. The van der Waals surface area contributed by atoms with Crippen molar-refractivity contribution in [2.75, 3.05) is 39.9 Å². The second-order valence-corrected chi connectivity index (χ2v) is 5.83. The molecule has 3 nitrogen and oxygen atoms in total. The molecule has 1 saturated heterocycles. The molecule has 1 fully saturated rings. The molecular weight excluding hydrogens is 200 g/mol. The van der Waals surface area contributed by atoms with Crippen molar-refractivity contribution >= 4 is 0 Å². The SMILES string of the molecule is COCCC(C)(C)CN1CCNC(C)CC1. The Labute approximate surface area is 101 Å². The molecule has 0 bridgehead atoms. The number of ether oxygens (including phenoxy) is 1. The van der Waals surface area contributed by atoms with E-state index in [0.717, 1.165) is 19.6 Å². The van der Waals surface area contributed by atoms with Gasteiger partial charge in [0, 0.05) is 39.4 Å². The van der Waals surface area contributed by atoms with Crippen LogP contribution in [0.15, 0.2) is 0 Å². The minimum atomic E-state index is 0.365. The summed E-state index contributed by atoms with van der Waals surface area (Å²) in [5.41, 5.74) is 0.365. The molecule has 0 amide bonds. The molecule has 0 spiro atoms. The molecule has 96 valence electrons. The number of rotatable bonds is 5. The lowest BCUT2D eigenvalue weighted by Crippen LogP contribution is -2.37. The fraction of sp³-hybridized carbons (Fsp3) is 1.00. The third-order valence-corrected chi connectivity index (χ3v) is 3.43. The van der Waals surface area contributed by atoms with Crippen LogP contribution in [-0.4, -0.2) is 50.8 Å². The second-order valence-electron chi connectivity index (χ2n) is 5.83. The summed E-state index contributed by atoms with van der Waals surface area (Å²) in [6.45, 7) is 12.5. The van der Waals surface area contributed by atoms with E-state index >= 15 is 0 Å². The highest BCUT2D eigenvalue weighted by atomic mass is 16.5. The van der Waals surface area contributed by atoms with Crippen molar-refractivity contribution in [2.24, 2.45) is 5.41 Å². The van der Waals surface area contributed by atoms with Crippen molar-refractivity contribution in [1.82, 2.24) is 10.2 Å². The Kier molecular flexibility index (Phi) is 5.73. The van der Waals surface area contributed by atoms with Gasteiger partial charge >= 0.3 is 0 Å². The van der Waals surface area contributed by atoms with E-state index in [4.69, 9.17) is 4.74 Å². The van der Waals surface area contributed by atoms with Crippen LogP contribution in [0.2, 0.25) is 0 Å². The summed E-state index contributed by atoms with van der Waals surface area (Å²) in [4.78, 5) is 2.59. The molecule has 1 unspecified atom stereocenters. The molecule has 0 radical (unpaired) electrons. The first-order valence-corrected chi connectivity index (χ1v) is 6.48. The summed E-state index contributed by atoms with van der Waals surface area (Å²) in [7, 11) is 1.79. The predicted molar refractivity (Wildman–Crippen MR) is 68.8 cm³/mol. The molecule has 0 aliphatic carbocycles. The minimum absolute atomic E-state index is 0.365. The smallest absolute Gasteiger partial charge is 0.0467 e. The average molecular weight is 228 g/mol. The van der Waals surface area contributed by atoms with Crippen molar-refractivity contribution in [2.45, 2.75) is 39.7 Å². The van der Waals surface area contributed by atoms with Gasteiger partial charge in [-0.1, -0.05) is 13.8 Å². The van der Waals surface area contributed by atoms with E-state index in [-0.39, 0.29) is 0 Å².